The Hall–Kier alpha value is -2.14. The third-order valence-corrected chi connectivity index (χ3v) is 4.16. The van der Waals surface area contributed by atoms with Crippen molar-refractivity contribution in [1.29, 1.82) is 0 Å². The lowest BCUT2D eigenvalue weighted by Gasteiger charge is -2.20. The van der Waals surface area contributed by atoms with Crippen LogP contribution in [0.2, 0.25) is 0 Å². The molecule has 0 spiro atoms. The Morgan fingerprint density at radius 3 is 2.64 bits per heavy atom. The average molecular weight is 359 g/mol. The van der Waals surface area contributed by atoms with E-state index >= 15 is 0 Å². The van der Waals surface area contributed by atoms with Crippen LogP contribution in [-0.2, 0) is 4.79 Å². The van der Waals surface area contributed by atoms with Gasteiger partial charge in [0.2, 0.25) is 5.91 Å². The molecule has 1 unspecified atom stereocenters. The molecule has 3 rings (SSSR count). The van der Waals surface area contributed by atoms with Crippen LogP contribution in [0, 0.1) is 0 Å². The predicted octanol–water partition coefficient (Wildman–Crippen LogP) is 3.85. The van der Waals surface area contributed by atoms with Crippen molar-refractivity contribution < 1.29 is 9.90 Å². The summed E-state index contributed by atoms with van der Waals surface area (Å²) >= 11 is 3.47. The monoisotopic (exact) mass is 358 g/mol. The molecule has 0 bridgehead atoms. The van der Waals surface area contributed by atoms with E-state index in [4.69, 9.17) is 0 Å². The number of carbonyl (C=O) groups is 1. The first-order chi connectivity index (χ1) is 10.5. The molecule has 1 aliphatic rings. The molecular formula is C17H15BrN2O2. The van der Waals surface area contributed by atoms with Crippen molar-refractivity contribution >= 4 is 27.5 Å². The number of carbonyl (C=O) groups excluding carboxylic acids is 1. The zero-order valence-electron chi connectivity index (χ0n) is 12.0. The van der Waals surface area contributed by atoms with Gasteiger partial charge in [-0.1, -0.05) is 28.1 Å². The molecule has 2 aromatic carbocycles. The summed E-state index contributed by atoms with van der Waals surface area (Å²) in [5.41, 5.74) is 2.81. The highest BCUT2D eigenvalue weighted by Crippen LogP contribution is 2.33. The lowest BCUT2D eigenvalue weighted by atomic mass is 9.98. The Morgan fingerprint density at radius 2 is 2.00 bits per heavy atom. The maximum absolute atomic E-state index is 11.9. The van der Waals surface area contributed by atoms with Crippen molar-refractivity contribution in [2.24, 2.45) is 5.10 Å². The van der Waals surface area contributed by atoms with E-state index in [-0.39, 0.29) is 17.7 Å². The second-order valence-electron chi connectivity index (χ2n) is 5.23. The van der Waals surface area contributed by atoms with Crippen LogP contribution in [0.1, 0.15) is 30.5 Å². The number of aromatic hydroxyl groups is 1. The summed E-state index contributed by atoms with van der Waals surface area (Å²) in [6, 6.07) is 14.7. The Bertz CT molecular complexity index is 741. The van der Waals surface area contributed by atoms with Gasteiger partial charge in [0.1, 0.15) is 5.75 Å². The maximum atomic E-state index is 11.9. The Labute approximate surface area is 137 Å². The smallest absolute Gasteiger partial charge is 0.240 e. The van der Waals surface area contributed by atoms with Crippen LogP contribution >= 0.6 is 15.9 Å². The standard InChI is InChI=1S/C17H15BrN2O2/c1-11(21)20-17(13-3-2-4-14(18)9-13)10-16(19-20)12-5-7-15(22)8-6-12/h2-9,17,22H,10H2,1H3. The summed E-state index contributed by atoms with van der Waals surface area (Å²) < 4.78 is 0.978. The average Bonchev–Trinajstić information content (AvgIpc) is 2.93. The fourth-order valence-corrected chi connectivity index (χ4v) is 3.02. The van der Waals surface area contributed by atoms with Crippen LogP contribution in [0.5, 0.6) is 5.75 Å². The van der Waals surface area contributed by atoms with E-state index < -0.39 is 0 Å². The number of rotatable bonds is 2. The molecule has 0 saturated carbocycles. The van der Waals surface area contributed by atoms with Gasteiger partial charge >= 0.3 is 0 Å². The van der Waals surface area contributed by atoms with Crippen LogP contribution in [0.4, 0.5) is 0 Å². The fourth-order valence-electron chi connectivity index (χ4n) is 2.60. The number of amides is 1. The van der Waals surface area contributed by atoms with Gasteiger partial charge in [-0.2, -0.15) is 5.10 Å². The Morgan fingerprint density at radius 1 is 1.27 bits per heavy atom. The van der Waals surface area contributed by atoms with Gasteiger partial charge in [-0.25, -0.2) is 5.01 Å². The van der Waals surface area contributed by atoms with Gasteiger partial charge in [-0.15, -0.1) is 0 Å². The van der Waals surface area contributed by atoms with Crippen LogP contribution in [-0.4, -0.2) is 21.7 Å². The van der Waals surface area contributed by atoms with Gasteiger partial charge in [0, 0.05) is 17.8 Å². The molecule has 0 aliphatic carbocycles. The zero-order chi connectivity index (χ0) is 15.7. The quantitative estimate of drug-likeness (QED) is 0.886. The molecule has 1 N–H and O–H groups in total. The van der Waals surface area contributed by atoms with Crippen molar-refractivity contribution in [3.8, 4) is 5.75 Å². The van der Waals surface area contributed by atoms with E-state index in [2.05, 4.69) is 21.0 Å². The first-order valence-electron chi connectivity index (χ1n) is 6.97. The molecule has 4 nitrogen and oxygen atoms in total. The summed E-state index contributed by atoms with van der Waals surface area (Å²) in [7, 11) is 0. The first-order valence-corrected chi connectivity index (χ1v) is 7.76. The van der Waals surface area contributed by atoms with E-state index in [0.717, 1.165) is 21.3 Å². The lowest BCUT2D eigenvalue weighted by Crippen LogP contribution is -2.24. The fraction of sp³-hybridized carbons (Fsp3) is 0.176. The second-order valence-corrected chi connectivity index (χ2v) is 6.15. The van der Waals surface area contributed by atoms with Gasteiger partial charge < -0.3 is 5.11 Å². The van der Waals surface area contributed by atoms with E-state index in [1.54, 1.807) is 12.1 Å². The lowest BCUT2D eigenvalue weighted by molar-refractivity contribution is -0.130. The minimum Gasteiger partial charge on any atom is -0.508 e. The Balaban J connectivity index is 1.94. The van der Waals surface area contributed by atoms with E-state index in [1.165, 1.54) is 11.9 Å². The summed E-state index contributed by atoms with van der Waals surface area (Å²) in [6.45, 7) is 1.52. The number of halogens is 1. The highest BCUT2D eigenvalue weighted by atomic mass is 79.9. The molecule has 2 aromatic rings. The molecular weight excluding hydrogens is 344 g/mol. The molecule has 1 aliphatic heterocycles. The minimum atomic E-state index is -0.0983. The number of benzene rings is 2. The summed E-state index contributed by atoms with van der Waals surface area (Å²) in [5, 5.41) is 15.4. The van der Waals surface area contributed by atoms with Gasteiger partial charge in [0.05, 0.1) is 11.8 Å². The van der Waals surface area contributed by atoms with Crippen molar-refractivity contribution in [1.82, 2.24) is 5.01 Å². The summed E-state index contributed by atoms with van der Waals surface area (Å²) in [5.74, 6) is 0.132. The topological polar surface area (TPSA) is 52.9 Å². The molecule has 0 radical (unpaired) electrons. The molecule has 0 fully saturated rings. The largest absolute Gasteiger partial charge is 0.508 e. The molecule has 5 heteroatoms. The number of phenols is 1. The SMILES string of the molecule is CC(=O)N1N=C(c2ccc(O)cc2)CC1c1cccc(Br)c1. The molecule has 22 heavy (non-hydrogen) atoms. The number of hydrazone groups is 1. The van der Waals surface area contributed by atoms with E-state index in [0.29, 0.717) is 6.42 Å². The normalized spacial score (nSPS) is 17.5. The van der Waals surface area contributed by atoms with Gasteiger partial charge in [-0.3, -0.25) is 4.79 Å². The molecule has 1 heterocycles. The van der Waals surface area contributed by atoms with Crippen molar-refractivity contribution in [3.63, 3.8) is 0 Å². The molecule has 112 valence electrons. The minimum absolute atomic E-state index is 0.0845. The second kappa shape index (κ2) is 5.93. The van der Waals surface area contributed by atoms with Gasteiger partial charge in [0.25, 0.3) is 0 Å². The van der Waals surface area contributed by atoms with Crippen molar-refractivity contribution in [3.05, 3.63) is 64.1 Å². The number of phenolic OH excluding ortho intramolecular Hbond substituents is 1. The van der Waals surface area contributed by atoms with Gasteiger partial charge in [0.15, 0.2) is 0 Å². The molecule has 0 aromatic heterocycles. The van der Waals surface area contributed by atoms with Crippen LogP contribution in [0.15, 0.2) is 58.1 Å². The highest BCUT2D eigenvalue weighted by Gasteiger charge is 2.31. The first kappa shape index (κ1) is 14.8. The van der Waals surface area contributed by atoms with E-state index in [1.807, 2.05) is 36.4 Å². The summed E-state index contributed by atoms with van der Waals surface area (Å²) in [6.07, 6.45) is 0.654. The highest BCUT2D eigenvalue weighted by molar-refractivity contribution is 9.10. The van der Waals surface area contributed by atoms with Gasteiger partial charge in [-0.05, 0) is 47.5 Å². The van der Waals surface area contributed by atoms with Crippen LogP contribution in [0.3, 0.4) is 0 Å². The zero-order valence-corrected chi connectivity index (χ0v) is 13.6. The molecule has 1 amide bonds. The third-order valence-electron chi connectivity index (χ3n) is 3.67. The third kappa shape index (κ3) is 2.90. The Kier molecular flexibility index (Phi) is 3.98. The van der Waals surface area contributed by atoms with Crippen LogP contribution in [0.25, 0.3) is 0 Å². The molecule has 1 atom stereocenters. The van der Waals surface area contributed by atoms with E-state index in [9.17, 15) is 9.90 Å². The molecule has 0 saturated heterocycles. The summed E-state index contributed by atoms with van der Waals surface area (Å²) in [4.78, 5) is 11.9. The number of nitrogens with zero attached hydrogens (tertiary/aromatic N) is 2. The maximum Gasteiger partial charge on any atom is 0.240 e. The number of hydrogen-bond acceptors (Lipinski definition) is 3. The predicted molar refractivity (Wildman–Crippen MR) is 88.7 cm³/mol. The number of hydrogen-bond donors (Lipinski definition) is 1. The van der Waals surface area contributed by atoms with Crippen molar-refractivity contribution in [2.75, 3.05) is 0 Å². The van der Waals surface area contributed by atoms with Crippen molar-refractivity contribution in [2.45, 2.75) is 19.4 Å². The van der Waals surface area contributed by atoms with Crippen LogP contribution < -0.4 is 0 Å².